The Morgan fingerprint density at radius 3 is 2.93 bits per heavy atom. The van der Waals surface area contributed by atoms with Crippen LogP contribution in [0.3, 0.4) is 0 Å². The molecule has 0 bridgehead atoms. The molecule has 1 heterocycles. The van der Waals surface area contributed by atoms with Crippen LogP contribution in [0.5, 0.6) is 5.88 Å². The highest BCUT2D eigenvalue weighted by Gasteiger charge is 2.06. The largest absolute Gasteiger partial charge is 0.494 e. The molecule has 1 aromatic rings. The topological polar surface area (TPSA) is 91.4 Å². The van der Waals surface area contributed by atoms with Crippen molar-refractivity contribution in [2.24, 2.45) is 0 Å². The number of carbonyl (C=O) groups excluding carboxylic acids is 1. The number of hydrogen-bond acceptors (Lipinski definition) is 4. The maximum Gasteiger partial charge on any atom is 0.251 e. The number of aromatic hydroxyl groups is 1. The van der Waals surface area contributed by atoms with Gasteiger partial charge in [-0.25, -0.2) is 0 Å². The summed E-state index contributed by atoms with van der Waals surface area (Å²) in [5.74, 6) is -0.757. The van der Waals surface area contributed by atoms with Crippen LogP contribution in [0.25, 0.3) is 0 Å². The minimum absolute atomic E-state index is 0.118. The standard InChI is InChI=1S/C9H12N2O4/c1-15-3-2-10-9(14)6-4-7(12)11-8(13)5-6/h4-5H,2-3H2,1H3,(H,10,14)(H2,11,12,13). The maximum absolute atomic E-state index is 11.4. The van der Waals surface area contributed by atoms with Crippen LogP contribution in [0.2, 0.25) is 0 Å². The summed E-state index contributed by atoms with van der Waals surface area (Å²) in [6.45, 7) is 0.740. The van der Waals surface area contributed by atoms with Crippen LogP contribution in [-0.4, -0.2) is 36.3 Å². The zero-order valence-corrected chi connectivity index (χ0v) is 8.24. The molecule has 82 valence electrons. The summed E-state index contributed by atoms with van der Waals surface area (Å²) in [5.41, 5.74) is -0.403. The van der Waals surface area contributed by atoms with Crippen molar-refractivity contribution in [3.05, 3.63) is 28.0 Å². The zero-order valence-electron chi connectivity index (χ0n) is 8.24. The van der Waals surface area contributed by atoms with Crippen molar-refractivity contribution in [1.29, 1.82) is 0 Å². The molecule has 0 radical (unpaired) electrons. The van der Waals surface area contributed by atoms with Crippen molar-refractivity contribution in [3.63, 3.8) is 0 Å². The van der Waals surface area contributed by atoms with E-state index in [-0.39, 0.29) is 11.4 Å². The third-order valence-electron chi connectivity index (χ3n) is 1.68. The molecule has 6 heteroatoms. The first-order valence-electron chi connectivity index (χ1n) is 4.34. The van der Waals surface area contributed by atoms with Crippen LogP contribution in [0.1, 0.15) is 10.4 Å². The Hall–Kier alpha value is -1.82. The van der Waals surface area contributed by atoms with Gasteiger partial charge in [-0.05, 0) is 0 Å². The minimum Gasteiger partial charge on any atom is -0.494 e. The van der Waals surface area contributed by atoms with Gasteiger partial charge in [-0.3, -0.25) is 14.6 Å². The second-order valence-corrected chi connectivity index (χ2v) is 2.87. The predicted octanol–water partition coefficient (Wildman–Crippen LogP) is -0.543. The molecule has 0 aromatic carbocycles. The Labute approximate surface area is 85.9 Å². The van der Waals surface area contributed by atoms with Crippen molar-refractivity contribution in [1.82, 2.24) is 10.3 Å². The number of rotatable bonds is 4. The fraction of sp³-hybridized carbons (Fsp3) is 0.333. The van der Waals surface area contributed by atoms with E-state index in [2.05, 4.69) is 10.3 Å². The molecule has 0 saturated heterocycles. The van der Waals surface area contributed by atoms with Crippen LogP contribution in [0.4, 0.5) is 0 Å². The third-order valence-corrected chi connectivity index (χ3v) is 1.68. The highest BCUT2D eigenvalue weighted by Crippen LogP contribution is 2.03. The summed E-state index contributed by atoms with van der Waals surface area (Å²) in [6.07, 6.45) is 0. The van der Waals surface area contributed by atoms with E-state index in [0.717, 1.165) is 6.07 Å². The molecule has 3 N–H and O–H groups in total. The van der Waals surface area contributed by atoms with Gasteiger partial charge in [0.1, 0.15) is 0 Å². The van der Waals surface area contributed by atoms with E-state index in [1.807, 2.05) is 0 Å². The van der Waals surface area contributed by atoms with Crippen LogP contribution in [0, 0.1) is 0 Å². The molecule has 1 rings (SSSR count). The lowest BCUT2D eigenvalue weighted by molar-refractivity contribution is 0.0936. The fourth-order valence-corrected chi connectivity index (χ4v) is 1.03. The van der Waals surface area contributed by atoms with Gasteiger partial charge in [0.15, 0.2) is 5.88 Å². The summed E-state index contributed by atoms with van der Waals surface area (Å²) in [7, 11) is 1.52. The van der Waals surface area contributed by atoms with Crippen molar-refractivity contribution in [2.75, 3.05) is 20.3 Å². The van der Waals surface area contributed by atoms with Gasteiger partial charge in [-0.1, -0.05) is 0 Å². The van der Waals surface area contributed by atoms with Crippen LogP contribution < -0.4 is 10.9 Å². The molecule has 1 aromatic heterocycles. The number of H-pyrrole nitrogens is 1. The van der Waals surface area contributed by atoms with Gasteiger partial charge in [-0.2, -0.15) is 0 Å². The number of hydrogen-bond donors (Lipinski definition) is 3. The zero-order chi connectivity index (χ0) is 11.3. The Morgan fingerprint density at radius 1 is 1.60 bits per heavy atom. The average molecular weight is 212 g/mol. The molecule has 0 aliphatic heterocycles. The highest BCUT2D eigenvalue weighted by atomic mass is 16.5. The number of amides is 1. The molecule has 1 amide bonds. The van der Waals surface area contributed by atoms with E-state index in [0.29, 0.717) is 13.2 Å². The molecule has 15 heavy (non-hydrogen) atoms. The highest BCUT2D eigenvalue weighted by molar-refractivity contribution is 5.94. The summed E-state index contributed by atoms with van der Waals surface area (Å²) in [5, 5.41) is 11.6. The van der Waals surface area contributed by atoms with Gasteiger partial charge in [0.25, 0.3) is 11.5 Å². The smallest absolute Gasteiger partial charge is 0.251 e. The van der Waals surface area contributed by atoms with Gasteiger partial charge in [-0.15, -0.1) is 0 Å². The van der Waals surface area contributed by atoms with Gasteiger partial charge in [0, 0.05) is 25.8 Å². The van der Waals surface area contributed by atoms with E-state index < -0.39 is 11.5 Å². The van der Waals surface area contributed by atoms with Gasteiger partial charge in [0.2, 0.25) is 0 Å². The number of aromatic nitrogens is 1. The molecule has 6 nitrogen and oxygen atoms in total. The normalized spacial score (nSPS) is 9.93. The van der Waals surface area contributed by atoms with Crippen molar-refractivity contribution < 1.29 is 14.6 Å². The summed E-state index contributed by atoms with van der Waals surface area (Å²) in [4.78, 5) is 24.4. The van der Waals surface area contributed by atoms with Crippen molar-refractivity contribution in [3.8, 4) is 5.88 Å². The molecular weight excluding hydrogens is 200 g/mol. The lowest BCUT2D eigenvalue weighted by Gasteiger charge is -2.03. The Morgan fingerprint density at radius 2 is 2.33 bits per heavy atom. The number of pyridine rings is 1. The molecule has 0 saturated carbocycles. The fourth-order valence-electron chi connectivity index (χ4n) is 1.03. The first-order valence-corrected chi connectivity index (χ1v) is 4.34. The van der Waals surface area contributed by atoms with Crippen LogP contribution in [-0.2, 0) is 4.74 Å². The molecule has 0 aliphatic rings. The monoisotopic (exact) mass is 212 g/mol. The predicted molar refractivity (Wildman–Crippen MR) is 52.9 cm³/mol. The molecule has 0 atom stereocenters. The Kier molecular flexibility index (Phi) is 3.87. The second-order valence-electron chi connectivity index (χ2n) is 2.87. The molecular formula is C9H12N2O4. The van der Waals surface area contributed by atoms with E-state index in [1.54, 1.807) is 0 Å². The Bertz CT molecular complexity index is 399. The second kappa shape index (κ2) is 5.16. The van der Waals surface area contributed by atoms with E-state index >= 15 is 0 Å². The quantitative estimate of drug-likeness (QED) is 0.584. The molecule has 0 spiro atoms. The SMILES string of the molecule is COCCNC(=O)c1cc(O)[nH]c(=O)c1. The number of nitrogens with one attached hydrogen (secondary N) is 2. The summed E-state index contributed by atoms with van der Waals surface area (Å²) in [6, 6.07) is 2.30. The van der Waals surface area contributed by atoms with E-state index in [1.165, 1.54) is 13.2 Å². The van der Waals surface area contributed by atoms with Crippen LogP contribution >= 0.6 is 0 Å². The molecule has 0 unspecified atom stereocenters. The average Bonchev–Trinajstić information content (AvgIpc) is 2.16. The number of ether oxygens (including phenoxy) is 1. The first-order chi connectivity index (χ1) is 7.13. The van der Waals surface area contributed by atoms with Gasteiger partial charge < -0.3 is 15.2 Å². The maximum atomic E-state index is 11.4. The van der Waals surface area contributed by atoms with E-state index in [4.69, 9.17) is 9.84 Å². The first kappa shape index (κ1) is 11.3. The third kappa shape index (κ3) is 3.43. The summed E-state index contributed by atoms with van der Waals surface area (Å²) < 4.78 is 4.74. The lowest BCUT2D eigenvalue weighted by atomic mass is 10.2. The summed E-state index contributed by atoms with van der Waals surface area (Å²) >= 11 is 0. The van der Waals surface area contributed by atoms with E-state index in [9.17, 15) is 9.59 Å². The molecule has 0 fully saturated rings. The number of aromatic amines is 1. The van der Waals surface area contributed by atoms with Gasteiger partial charge >= 0.3 is 0 Å². The lowest BCUT2D eigenvalue weighted by Crippen LogP contribution is -2.27. The van der Waals surface area contributed by atoms with Crippen molar-refractivity contribution in [2.45, 2.75) is 0 Å². The van der Waals surface area contributed by atoms with Crippen molar-refractivity contribution >= 4 is 5.91 Å². The Balaban J connectivity index is 2.69. The minimum atomic E-state index is -0.521. The van der Waals surface area contributed by atoms with Gasteiger partial charge in [0.05, 0.1) is 12.2 Å². The number of methoxy groups -OCH3 is 1. The molecule has 0 aliphatic carbocycles. The number of carbonyl (C=O) groups is 1. The van der Waals surface area contributed by atoms with Crippen LogP contribution in [0.15, 0.2) is 16.9 Å².